The lowest BCUT2D eigenvalue weighted by atomic mass is 9.85. The van der Waals surface area contributed by atoms with Crippen LogP contribution in [-0.4, -0.2) is 60.5 Å². The first kappa shape index (κ1) is 68.9. The van der Waals surface area contributed by atoms with Gasteiger partial charge in [-0.2, -0.15) is 10.5 Å². The van der Waals surface area contributed by atoms with Crippen LogP contribution in [0.25, 0.3) is 5.57 Å². The van der Waals surface area contributed by atoms with Crippen LogP contribution >= 0.6 is 0 Å². The number of rotatable bonds is 16. The summed E-state index contributed by atoms with van der Waals surface area (Å²) in [6, 6.07) is 21.3. The molecule has 0 saturated carbocycles. The number of hydrogen-bond acceptors (Lipinski definition) is 4. The first-order valence-corrected chi connectivity index (χ1v) is 39.1. The monoisotopic (exact) mass is 1140 g/mol. The molecule has 0 amide bonds. The molecular formula is C72H104N4Si4. The van der Waals surface area contributed by atoms with E-state index in [0.717, 1.165) is 50.4 Å². The molecule has 8 heteroatoms. The summed E-state index contributed by atoms with van der Waals surface area (Å²) in [4.78, 5) is 4.16. The average Bonchev–Trinajstić information content (AvgIpc) is 3.63. The highest BCUT2D eigenvalue weighted by atomic mass is 28.3. The second-order valence-corrected chi connectivity index (χ2v) is 49.3. The maximum Gasteiger partial charge on any atom is 0.146 e. The zero-order valence-corrected chi connectivity index (χ0v) is 59.3. The molecule has 0 heterocycles. The molecule has 80 heavy (non-hydrogen) atoms. The SMILES string of the molecule is CC(C)[Si](C#CC1=C(C#C[Si](C(C)C)(C(C)C)C(C)C)C(=C(C(C#Cc2ccc(N(C)C)cc2)=C(C#N)C#N)c2ccc(N(C)C)cc2)C(C#C[Si](C(C)C)(C(C)C)C(C)C)=C1C#C[Si](C(C)C)(C(C)C)C(C)C)(C(C)C)C(C)C. The number of hydrogen-bond donors (Lipinski definition) is 0. The molecule has 1 aliphatic rings. The van der Waals surface area contributed by atoms with Crippen LogP contribution in [-0.2, 0) is 0 Å². The number of allylic oxidation sites excluding steroid dienone is 8. The molecule has 0 saturated heterocycles. The Balaban J connectivity index is 3.37. The molecule has 428 valence electrons. The van der Waals surface area contributed by atoms with Gasteiger partial charge in [0.2, 0.25) is 0 Å². The van der Waals surface area contributed by atoms with Gasteiger partial charge >= 0.3 is 0 Å². The Bertz CT molecular complexity index is 2840. The molecule has 0 atom stereocenters. The summed E-state index contributed by atoms with van der Waals surface area (Å²) >= 11 is 0. The molecule has 0 aromatic heterocycles. The largest absolute Gasteiger partial charge is 0.378 e. The Morgan fingerprint density at radius 1 is 0.350 bits per heavy atom. The topological polar surface area (TPSA) is 54.1 Å². The lowest BCUT2D eigenvalue weighted by Gasteiger charge is -2.38. The van der Waals surface area contributed by atoms with Crippen molar-refractivity contribution in [2.45, 2.75) is 233 Å². The third-order valence-corrected chi connectivity index (χ3v) is 43.9. The molecule has 3 rings (SSSR count). The standard InChI is InChI=1S/C72H104N4Si4/c1-49(2)77(50(3)4,51(5)6)43-39-67-68(40-44-78(52(7)8,53(9)10)54(11)12)70(42-46-80(58(19)20,59(21)22)60(23)24)72(69(67)41-45-79(55(13)14,56(15)16)57(17)18)71(62-32-36-65(37-33-62)76(27)28)66(63(47-73)48-74)38-31-61-29-34-64(35-30-61)75(25)26/h29-30,32-37,49-60H,1-28H3. The van der Waals surface area contributed by atoms with Crippen LogP contribution in [0.3, 0.4) is 0 Å². The molecule has 0 unspecified atom stereocenters. The summed E-state index contributed by atoms with van der Waals surface area (Å²) in [5, 5.41) is 22.6. The second-order valence-electron chi connectivity index (χ2n) is 26.9. The van der Waals surface area contributed by atoms with Crippen LogP contribution in [0.5, 0.6) is 0 Å². The van der Waals surface area contributed by atoms with E-state index in [9.17, 15) is 10.5 Å². The Kier molecular flexibility index (Phi) is 24.6. The van der Waals surface area contributed by atoms with Crippen molar-refractivity contribution in [1.82, 2.24) is 0 Å². The molecule has 1 aliphatic carbocycles. The first-order valence-electron chi connectivity index (χ1n) is 30.1. The van der Waals surface area contributed by atoms with Gasteiger partial charge in [0.15, 0.2) is 0 Å². The van der Waals surface area contributed by atoms with Gasteiger partial charge < -0.3 is 9.80 Å². The van der Waals surface area contributed by atoms with E-state index in [1.165, 1.54) is 0 Å². The van der Waals surface area contributed by atoms with Crippen molar-refractivity contribution < 1.29 is 0 Å². The van der Waals surface area contributed by atoms with Crippen molar-refractivity contribution in [3.8, 4) is 69.8 Å². The minimum Gasteiger partial charge on any atom is -0.378 e. The molecular weight excluding hydrogens is 1030 g/mol. The zero-order valence-electron chi connectivity index (χ0n) is 55.3. The number of benzene rings is 2. The van der Waals surface area contributed by atoms with Crippen molar-refractivity contribution >= 4 is 49.2 Å². The smallest absolute Gasteiger partial charge is 0.146 e. The van der Waals surface area contributed by atoms with E-state index < -0.39 is 32.3 Å². The summed E-state index contributed by atoms with van der Waals surface area (Å²) in [7, 11) is -1.59. The minimum absolute atomic E-state index is 0.0735. The van der Waals surface area contributed by atoms with Crippen LogP contribution in [0.2, 0.25) is 66.5 Å². The molecule has 4 nitrogen and oxygen atoms in total. The number of anilines is 2. The van der Waals surface area contributed by atoms with Gasteiger partial charge in [0, 0.05) is 56.3 Å². The van der Waals surface area contributed by atoms with E-state index in [1.807, 2.05) is 52.5 Å². The van der Waals surface area contributed by atoms with E-state index in [1.54, 1.807) is 0 Å². The molecule has 0 fully saturated rings. The molecule has 0 aliphatic heterocycles. The van der Waals surface area contributed by atoms with Crippen LogP contribution in [0.15, 0.2) is 87.5 Å². The third-order valence-electron chi connectivity index (χ3n) is 18.7. The third kappa shape index (κ3) is 13.9. The van der Waals surface area contributed by atoms with E-state index in [2.05, 4.69) is 270 Å². The summed E-state index contributed by atoms with van der Waals surface area (Å²) < 4.78 is 0. The van der Waals surface area contributed by atoms with Gasteiger partial charge in [0.05, 0.1) is 27.9 Å². The molecule has 2 aromatic carbocycles. The van der Waals surface area contributed by atoms with E-state index in [4.69, 9.17) is 0 Å². The molecule has 0 bridgehead atoms. The molecule has 2 aromatic rings. The predicted molar refractivity (Wildman–Crippen MR) is 363 cm³/mol. The van der Waals surface area contributed by atoms with Crippen molar-refractivity contribution in [3.63, 3.8) is 0 Å². The van der Waals surface area contributed by atoms with Crippen molar-refractivity contribution in [2.24, 2.45) is 0 Å². The highest BCUT2D eigenvalue weighted by molar-refractivity contribution is 6.92. The molecule has 0 spiro atoms. The maximum absolute atomic E-state index is 11.3. The van der Waals surface area contributed by atoms with Crippen molar-refractivity contribution in [2.75, 3.05) is 38.0 Å². The van der Waals surface area contributed by atoms with Crippen LogP contribution < -0.4 is 9.80 Å². The van der Waals surface area contributed by atoms with Crippen LogP contribution in [0, 0.1) is 80.4 Å². The van der Waals surface area contributed by atoms with Gasteiger partial charge in [-0.25, -0.2) is 0 Å². The number of nitrogens with zero attached hydrogens (tertiary/aromatic N) is 4. The van der Waals surface area contributed by atoms with Crippen LogP contribution in [0.4, 0.5) is 11.4 Å². The van der Waals surface area contributed by atoms with E-state index in [-0.39, 0.29) is 5.57 Å². The van der Waals surface area contributed by atoms with Crippen LogP contribution in [0.1, 0.15) is 177 Å². The summed E-state index contributed by atoms with van der Waals surface area (Å²) in [6.45, 7) is 57.0. The first-order chi connectivity index (χ1) is 37.2. The zero-order chi connectivity index (χ0) is 61.2. The maximum atomic E-state index is 11.3. The highest BCUT2D eigenvalue weighted by Gasteiger charge is 2.46. The minimum atomic E-state index is -2.45. The van der Waals surface area contributed by atoms with E-state index >= 15 is 0 Å². The molecule has 0 radical (unpaired) electrons. The van der Waals surface area contributed by atoms with Crippen molar-refractivity contribution in [3.05, 3.63) is 98.7 Å². The highest BCUT2D eigenvalue weighted by Crippen LogP contribution is 2.49. The van der Waals surface area contributed by atoms with Gasteiger partial charge in [-0.1, -0.05) is 214 Å². The van der Waals surface area contributed by atoms with Gasteiger partial charge in [-0.3, -0.25) is 0 Å². The Labute approximate surface area is 495 Å². The summed E-state index contributed by atoms with van der Waals surface area (Å²) in [6.07, 6.45) is 0. The van der Waals surface area contributed by atoms with Crippen molar-refractivity contribution in [1.29, 1.82) is 10.5 Å². The second kappa shape index (κ2) is 28.6. The summed E-state index contributed by atoms with van der Waals surface area (Å²) in [5.41, 5.74) is 29.8. The fourth-order valence-electron chi connectivity index (χ4n) is 14.5. The van der Waals surface area contributed by atoms with Gasteiger partial charge in [0.25, 0.3) is 0 Å². The average molecular weight is 1140 g/mol. The predicted octanol–water partition coefficient (Wildman–Crippen LogP) is 19.5. The number of nitriles is 2. The van der Waals surface area contributed by atoms with E-state index in [0.29, 0.717) is 77.6 Å². The Morgan fingerprint density at radius 2 is 0.600 bits per heavy atom. The fraction of sp³-hybridized carbons (Fsp3) is 0.556. The lowest BCUT2D eigenvalue weighted by Crippen LogP contribution is -2.43. The van der Waals surface area contributed by atoms with Gasteiger partial charge in [-0.05, 0) is 108 Å². The molecule has 0 N–H and O–H groups in total. The summed E-state index contributed by atoms with van der Waals surface area (Å²) in [5.74, 6) is 23.5. The normalized spacial score (nSPS) is 13.2. The quantitative estimate of drug-likeness (QED) is 0.0955. The lowest BCUT2D eigenvalue weighted by molar-refractivity contribution is 0.838. The van der Waals surface area contributed by atoms with Gasteiger partial charge in [-0.15, -0.1) is 22.2 Å². The Hall–Kier alpha value is -5.35. The Morgan fingerprint density at radius 3 is 0.838 bits per heavy atom. The fourth-order valence-corrected chi connectivity index (χ4v) is 35.3. The van der Waals surface area contributed by atoms with Gasteiger partial charge in [0.1, 0.15) is 50.0 Å².